The molecule has 0 aliphatic rings. The van der Waals surface area contributed by atoms with E-state index in [0.29, 0.717) is 28.3 Å². The van der Waals surface area contributed by atoms with Gasteiger partial charge < -0.3 is 14.8 Å². The lowest BCUT2D eigenvalue weighted by Gasteiger charge is -2.15. The molecule has 0 bridgehead atoms. The van der Waals surface area contributed by atoms with Gasteiger partial charge in [0.05, 0.1) is 31.4 Å². The molecule has 1 aromatic heterocycles. The van der Waals surface area contributed by atoms with Crippen LogP contribution in [0.3, 0.4) is 0 Å². The largest absolute Gasteiger partial charge is 0.493 e. The Kier molecular flexibility index (Phi) is 7.84. The summed E-state index contributed by atoms with van der Waals surface area (Å²) in [7, 11) is 3.05. The molecule has 2 aromatic rings. The summed E-state index contributed by atoms with van der Waals surface area (Å²) in [5.74, 6) is 1.61. The van der Waals surface area contributed by atoms with E-state index in [1.165, 1.54) is 25.1 Å². The molecule has 28 heavy (non-hydrogen) atoms. The molecule has 7 heteroatoms. The van der Waals surface area contributed by atoms with Gasteiger partial charge in [-0.3, -0.25) is 14.2 Å². The van der Waals surface area contributed by atoms with Gasteiger partial charge in [-0.2, -0.15) is 0 Å². The van der Waals surface area contributed by atoms with E-state index >= 15 is 0 Å². The average Bonchev–Trinajstić information content (AvgIpc) is 2.66. The maximum Gasteiger partial charge on any atom is 0.261 e. The zero-order valence-electron chi connectivity index (χ0n) is 17.4. The summed E-state index contributed by atoms with van der Waals surface area (Å²) in [6.45, 7) is 6.69. The number of aromatic nitrogens is 2. The van der Waals surface area contributed by atoms with Crippen molar-refractivity contribution in [3.8, 4) is 11.5 Å². The van der Waals surface area contributed by atoms with Crippen molar-refractivity contribution in [3.05, 3.63) is 28.8 Å². The summed E-state index contributed by atoms with van der Waals surface area (Å²) < 4.78 is 12.0. The zero-order chi connectivity index (χ0) is 20.7. The number of methoxy groups -OCH3 is 2. The van der Waals surface area contributed by atoms with Gasteiger partial charge in [-0.1, -0.05) is 26.7 Å². The van der Waals surface area contributed by atoms with E-state index < -0.39 is 0 Å². The highest BCUT2D eigenvalue weighted by atomic mass is 16.5. The zero-order valence-corrected chi connectivity index (χ0v) is 17.4. The molecule has 0 fully saturated rings. The summed E-state index contributed by atoms with van der Waals surface area (Å²) in [6.07, 6.45) is 4.92. The number of ether oxygens (including phenoxy) is 2. The Morgan fingerprint density at radius 1 is 1.14 bits per heavy atom. The highest BCUT2D eigenvalue weighted by Gasteiger charge is 2.12. The molecule has 1 amide bonds. The fourth-order valence-corrected chi connectivity index (χ4v) is 3.12. The van der Waals surface area contributed by atoms with Gasteiger partial charge in [-0.05, 0) is 25.3 Å². The molecule has 1 atom stereocenters. The smallest absolute Gasteiger partial charge is 0.261 e. The van der Waals surface area contributed by atoms with Crippen LogP contribution in [0.2, 0.25) is 0 Å². The summed E-state index contributed by atoms with van der Waals surface area (Å²) in [5, 5.41) is 3.44. The summed E-state index contributed by atoms with van der Waals surface area (Å²) >= 11 is 0. The van der Waals surface area contributed by atoms with E-state index in [1.807, 2.05) is 6.92 Å². The van der Waals surface area contributed by atoms with Crippen molar-refractivity contribution in [2.45, 2.75) is 59.0 Å². The molecule has 0 spiro atoms. The summed E-state index contributed by atoms with van der Waals surface area (Å²) in [4.78, 5) is 29.2. The monoisotopic (exact) mass is 389 g/mol. The van der Waals surface area contributed by atoms with Gasteiger partial charge in [0.25, 0.3) is 5.56 Å². The molecular weight excluding hydrogens is 358 g/mol. The molecule has 0 saturated carbocycles. The second-order valence-corrected chi connectivity index (χ2v) is 7.51. The second-order valence-electron chi connectivity index (χ2n) is 7.51. The molecule has 7 nitrogen and oxygen atoms in total. The Hall–Kier alpha value is -2.57. The molecule has 1 aromatic carbocycles. The van der Waals surface area contributed by atoms with E-state index in [4.69, 9.17) is 9.47 Å². The Morgan fingerprint density at radius 2 is 1.82 bits per heavy atom. The lowest BCUT2D eigenvalue weighted by molar-refractivity contribution is -0.121. The van der Waals surface area contributed by atoms with Crippen molar-refractivity contribution in [3.63, 3.8) is 0 Å². The number of rotatable bonds is 10. The van der Waals surface area contributed by atoms with E-state index in [-0.39, 0.29) is 30.5 Å². The number of nitrogens with one attached hydrogen (secondary N) is 1. The Morgan fingerprint density at radius 3 is 2.46 bits per heavy atom. The Balaban J connectivity index is 2.01. The van der Waals surface area contributed by atoms with Gasteiger partial charge in [0.15, 0.2) is 11.5 Å². The second kappa shape index (κ2) is 10.1. The average molecular weight is 389 g/mol. The topological polar surface area (TPSA) is 82.5 Å². The molecule has 0 aliphatic heterocycles. The minimum atomic E-state index is -0.205. The van der Waals surface area contributed by atoms with Crippen LogP contribution in [0.1, 0.15) is 46.5 Å². The fourth-order valence-electron chi connectivity index (χ4n) is 3.12. The van der Waals surface area contributed by atoms with E-state index in [9.17, 15) is 9.59 Å². The molecule has 1 unspecified atom stereocenters. The number of benzene rings is 1. The van der Waals surface area contributed by atoms with Crippen molar-refractivity contribution < 1.29 is 14.3 Å². The third kappa shape index (κ3) is 5.71. The number of amides is 1. The molecular formula is C21H31N3O4. The normalized spacial score (nSPS) is 12.2. The lowest BCUT2D eigenvalue weighted by Crippen LogP contribution is -2.34. The first-order valence-electron chi connectivity index (χ1n) is 9.76. The number of carbonyl (C=O) groups is 1. The van der Waals surface area contributed by atoms with Crippen LogP contribution >= 0.6 is 0 Å². The fraction of sp³-hybridized carbons (Fsp3) is 0.571. The standard InChI is InChI=1S/C21H31N3O4/c1-14(2)7-6-8-15(3)23-20(25)9-10-24-13-22-17-12-19(28-5)18(27-4)11-16(17)21(24)26/h11-15H,6-10H2,1-5H3,(H,23,25). The molecule has 1 N–H and O–H groups in total. The highest BCUT2D eigenvalue weighted by Crippen LogP contribution is 2.29. The van der Waals surface area contributed by atoms with E-state index in [2.05, 4.69) is 24.1 Å². The Labute approximate surface area is 166 Å². The maximum atomic E-state index is 12.7. The first-order valence-corrected chi connectivity index (χ1v) is 9.76. The van der Waals surface area contributed by atoms with Crippen LogP contribution in [0.5, 0.6) is 11.5 Å². The van der Waals surface area contributed by atoms with Gasteiger partial charge in [0.2, 0.25) is 5.91 Å². The minimum Gasteiger partial charge on any atom is -0.493 e. The number of fused-ring (bicyclic) bond motifs is 1. The van der Waals surface area contributed by atoms with Crippen LogP contribution in [0.4, 0.5) is 0 Å². The number of hydrogen-bond acceptors (Lipinski definition) is 5. The van der Waals surface area contributed by atoms with Crippen LogP contribution in [0.25, 0.3) is 10.9 Å². The number of carbonyl (C=O) groups excluding carboxylic acids is 1. The van der Waals surface area contributed by atoms with Crippen LogP contribution in [0, 0.1) is 5.92 Å². The minimum absolute atomic E-state index is 0.0589. The predicted octanol–water partition coefficient (Wildman–Crippen LogP) is 3.13. The van der Waals surface area contributed by atoms with Crippen molar-refractivity contribution >= 4 is 16.8 Å². The van der Waals surface area contributed by atoms with Gasteiger partial charge in [0.1, 0.15) is 0 Å². The highest BCUT2D eigenvalue weighted by molar-refractivity contribution is 5.81. The third-order valence-corrected chi connectivity index (χ3v) is 4.74. The van der Waals surface area contributed by atoms with Gasteiger partial charge in [-0.25, -0.2) is 4.98 Å². The van der Waals surface area contributed by atoms with Gasteiger partial charge in [-0.15, -0.1) is 0 Å². The van der Waals surface area contributed by atoms with E-state index in [0.717, 1.165) is 19.3 Å². The SMILES string of the molecule is COc1cc2ncn(CCC(=O)NC(C)CCCC(C)C)c(=O)c2cc1OC. The predicted molar refractivity (Wildman–Crippen MR) is 110 cm³/mol. The van der Waals surface area contributed by atoms with Crippen molar-refractivity contribution in [2.75, 3.05) is 14.2 Å². The maximum absolute atomic E-state index is 12.7. The van der Waals surface area contributed by atoms with Gasteiger partial charge >= 0.3 is 0 Å². The van der Waals surface area contributed by atoms with Crippen LogP contribution in [-0.2, 0) is 11.3 Å². The van der Waals surface area contributed by atoms with Crippen LogP contribution in [0.15, 0.2) is 23.3 Å². The third-order valence-electron chi connectivity index (χ3n) is 4.74. The van der Waals surface area contributed by atoms with Gasteiger partial charge in [0, 0.05) is 25.1 Å². The molecule has 0 aliphatic carbocycles. The summed E-state index contributed by atoms with van der Waals surface area (Å²) in [5.41, 5.74) is 0.325. The lowest BCUT2D eigenvalue weighted by atomic mass is 10.0. The molecule has 0 radical (unpaired) electrons. The number of aryl methyl sites for hydroxylation is 1. The van der Waals surface area contributed by atoms with Crippen LogP contribution in [-0.4, -0.2) is 35.7 Å². The first-order chi connectivity index (χ1) is 13.3. The Bertz CT molecular complexity index is 861. The first kappa shape index (κ1) is 21.7. The number of hydrogen-bond donors (Lipinski definition) is 1. The van der Waals surface area contributed by atoms with Crippen LogP contribution < -0.4 is 20.3 Å². The molecule has 0 saturated heterocycles. The molecule has 1 heterocycles. The van der Waals surface area contributed by atoms with Crippen molar-refractivity contribution in [1.29, 1.82) is 0 Å². The molecule has 154 valence electrons. The van der Waals surface area contributed by atoms with Crippen molar-refractivity contribution in [2.24, 2.45) is 5.92 Å². The van der Waals surface area contributed by atoms with E-state index in [1.54, 1.807) is 12.1 Å². The number of nitrogens with zero attached hydrogens (tertiary/aromatic N) is 2. The summed E-state index contributed by atoms with van der Waals surface area (Å²) in [6, 6.07) is 3.43. The van der Waals surface area contributed by atoms with Crippen molar-refractivity contribution in [1.82, 2.24) is 14.9 Å². The molecule has 2 rings (SSSR count). The quantitative estimate of drug-likeness (QED) is 0.675.